The maximum Gasteiger partial charge on any atom is 0.267 e. The van der Waals surface area contributed by atoms with Crippen molar-refractivity contribution < 1.29 is 4.79 Å². The molecule has 1 amide bonds. The van der Waals surface area contributed by atoms with Crippen molar-refractivity contribution in [3.8, 4) is 0 Å². The maximum absolute atomic E-state index is 12.5. The van der Waals surface area contributed by atoms with E-state index in [2.05, 4.69) is 16.5 Å². The molecule has 0 spiro atoms. The Morgan fingerprint density at radius 2 is 2.28 bits per heavy atom. The SMILES string of the molecule is CC(C)c1nnsc1C(=O)N1CCC(Cl)C(C)C1. The molecule has 0 aliphatic carbocycles. The van der Waals surface area contributed by atoms with E-state index < -0.39 is 0 Å². The van der Waals surface area contributed by atoms with Gasteiger partial charge in [-0.05, 0) is 29.8 Å². The molecule has 2 atom stereocenters. The van der Waals surface area contributed by atoms with Crippen LogP contribution in [0.2, 0.25) is 0 Å². The lowest BCUT2D eigenvalue weighted by atomic mass is 9.99. The average Bonchev–Trinajstić information content (AvgIpc) is 2.81. The first-order valence-corrected chi connectivity index (χ1v) is 7.47. The van der Waals surface area contributed by atoms with E-state index >= 15 is 0 Å². The quantitative estimate of drug-likeness (QED) is 0.786. The Balaban J connectivity index is 2.14. The minimum absolute atomic E-state index is 0.0594. The van der Waals surface area contributed by atoms with Gasteiger partial charge in [-0.3, -0.25) is 4.79 Å². The third-order valence-corrected chi connectivity index (χ3v) is 4.72. The number of hydrogen-bond donors (Lipinski definition) is 0. The lowest BCUT2D eigenvalue weighted by molar-refractivity contribution is 0.0690. The molecular weight excluding hydrogens is 270 g/mol. The largest absolute Gasteiger partial charge is 0.337 e. The molecule has 1 aliphatic rings. The summed E-state index contributed by atoms with van der Waals surface area (Å²) in [5.74, 6) is 0.627. The van der Waals surface area contributed by atoms with E-state index in [1.807, 2.05) is 18.7 Å². The zero-order valence-corrected chi connectivity index (χ0v) is 12.5. The highest BCUT2D eigenvalue weighted by Gasteiger charge is 2.30. The van der Waals surface area contributed by atoms with Crippen molar-refractivity contribution >= 4 is 29.0 Å². The molecule has 0 aromatic carbocycles. The molecular formula is C12H18ClN3OS. The van der Waals surface area contributed by atoms with Crippen molar-refractivity contribution in [2.45, 2.75) is 38.5 Å². The van der Waals surface area contributed by atoms with Gasteiger partial charge in [-0.1, -0.05) is 25.3 Å². The molecule has 1 aliphatic heterocycles. The number of piperidine rings is 1. The molecule has 100 valence electrons. The molecule has 0 N–H and O–H groups in total. The number of likely N-dealkylation sites (tertiary alicyclic amines) is 1. The number of rotatable bonds is 2. The first kappa shape index (κ1) is 13.7. The molecule has 2 heterocycles. The zero-order chi connectivity index (χ0) is 13.3. The summed E-state index contributed by atoms with van der Waals surface area (Å²) in [6.07, 6.45) is 0.859. The van der Waals surface area contributed by atoms with Crippen LogP contribution < -0.4 is 0 Å². The second-order valence-corrected chi connectivity index (χ2v) is 6.49. The van der Waals surface area contributed by atoms with Crippen molar-refractivity contribution in [1.29, 1.82) is 0 Å². The highest BCUT2D eigenvalue weighted by Crippen LogP contribution is 2.26. The number of carbonyl (C=O) groups excluding carboxylic acids is 1. The van der Waals surface area contributed by atoms with Gasteiger partial charge < -0.3 is 4.90 Å². The Morgan fingerprint density at radius 3 is 2.89 bits per heavy atom. The van der Waals surface area contributed by atoms with Gasteiger partial charge in [0.25, 0.3) is 5.91 Å². The first-order chi connectivity index (χ1) is 8.50. The van der Waals surface area contributed by atoms with Crippen LogP contribution in [0.25, 0.3) is 0 Å². The normalized spacial score (nSPS) is 24.6. The van der Waals surface area contributed by atoms with Gasteiger partial charge in [-0.25, -0.2) is 0 Å². The Kier molecular flexibility index (Phi) is 4.22. The zero-order valence-electron chi connectivity index (χ0n) is 10.9. The highest BCUT2D eigenvalue weighted by molar-refractivity contribution is 7.08. The van der Waals surface area contributed by atoms with E-state index in [1.165, 1.54) is 11.5 Å². The van der Waals surface area contributed by atoms with Gasteiger partial charge in [0.15, 0.2) is 0 Å². The number of halogens is 1. The van der Waals surface area contributed by atoms with Crippen LogP contribution in [0.3, 0.4) is 0 Å². The van der Waals surface area contributed by atoms with Crippen LogP contribution in [0.15, 0.2) is 0 Å². The molecule has 6 heteroatoms. The second-order valence-electron chi connectivity index (χ2n) is 5.18. The van der Waals surface area contributed by atoms with Gasteiger partial charge in [-0.15, -0.1) is 16.7 Å². The van der Waals surface area contributed by atoms with E-state index in [9.17, 15) is 4.79 Å². The van der Waals surface area contributed by atoms with Crippen molar-refractivity contribution in [2.75, 3.05) is 13.1 Å². The predicted molar refractivity (Wildman–Crippen MR) is 73.3 cm³/mol. The van der Waals surface area contributed by atoms with Crippen LogP contribution in [0.4, 0.5) is 0 Å². The van der Waals surface area contributed by atoms with E-state index in [4.69, 9.17) is 11.6 Å². The van der Waals surface area contributed by atoms with E-state index in [-0.39, 0.29) is 17.2 Å². The Bertz CT molecular complexity index is 435. The van der Waals surface area contributed by atoms with Crippen molar-refractivity contribution in [3.05, 3.63) is 10.6 Å². The summed E-state index contributed by atoms with van der Waals surface area (Å²) in [5.41, 5.74) is 0.811. The summed E-state index contributed by atoms with van der Waals surface area (Å²) in [7, 11) is 0. The van der Waals surface area contributed by atoms with Crippen molar-refractivity contribution in [2.24, 2.45) is 5.92 Å². The Morgan fingerprint density at radius 1 is 1.56 bits per heavy atom. The summed E-state index contributed by atoms with van der Waals surface area (Å²) in [4.78, 5) is 15.0. The monoisotopic (exact) mass is 287 g/mol. The Hall–Kier alpha value is -0.680. The summed E-state index contributed by atoms with van der Waals surface area (Å²) in [6, 6.07) is 0. The van der Waals surface area contributed by atoms with E-state index in [1.54, 1.807) is 0 Å². The molecule has 1 fully saturated rings. The fourth-order valence-electron chi connectivity index (χ4n) is 2.17. The van der Waals surface area contributed by atoms with Gasteiger partial charge in [0.2, 0.25) is 0 Å². The van der Waals surface area contributed by atoms with E-state index in [0.29, 0.717) is 10.8 Å². The Labute approximate surface area is 116 Å². The number of amides is 1. The molecule has 2 rings (SSSR count). The van der Waals surface area contributed by atoms with Gasteiger partial charge in [0.1, 0.15) is 4.88 Å². The minimum atomic E-state index is 0.0594. The lowest BCUT2D eigenvalue weighted by Gasteiger charge is -2.33. The van der Waals surface area contributed by atoms with Crippen LogP contribution in [-0.2, 0) is 0 Å². The molecule has 0 radical (unpaired) electrons. The standard InChI is InChI=1S/C12H18ClN3OS/c1-7(2)10-11(18-15-14-10)12(17)16-5-4-9(13)8(3)6-16/h7-9H,4-6H2,1-3H3. The first-order valence-electron chi connectivity index (χ1n) is 6.26. The number of aromatic nitrogens is 2. The third-order valence-electron chi connectivity index (χ3n) is 3.34. The highest BCUT2D eigenvalue weighted by atomic mass is 35.5. The van der Waals surface area contributed by atoms with Crippen LogP contribution in [0.5, 0.6) is 0 Å². The second kappa shape index (κ2) is 5.53. The van der Waals surface area contributed by atoms with Gasteiger partial charge in [0.05, 0.1) is 5.69 Å². The number of hydrogen-bond acceptors (Lipinski definition) is 4. The third kappa shape index (κ3) is 2.67. The molecule has 0 bridgehead atoms. The molecule has 4 nitrogen and oxygen atoms in total. The fourth-order valence-corrected chi connectivity index (χ4v) is 3.13. The number of nitrogens with zero attached hydrogens (tertiary/aromatic N) is 3. The van der Waals surface area contributed by atoms with Gasteiger partial charge in [0, 0.05) is 18.5 Å². The number of alkyl halides is 1. The van der Waals surface area contributed by atoms with Crippen molar-refractivity contribution in [3.63, 3.8) is 0 Å². The van der Waals surface area contributed by atoms with Crippen LogP contribution in [0.1, 0.15) is 48.5 Å². The average molecular weight is 288 g/mol. The lowest BCUT2D eigenvalue weighted by Crippen LogP contribution is -2.43. The molecule has 0 saturated carbocycles. The van der Waals surface area contributed by atoms with Crippen LogP contribution in [-0.4, -0.2) is 38.9 Å². The maximum atomic E-state index is 12.5. The van der Waals surface area contributed by atoms with Crippen LogP contribution >= 0.6 is 23.1 Å². The fraction of sp³-hybridized carbons (Fsp3) is 0.750. The van der Waals surface area contributed by atoms with Gasteiger partial charge in [-0.2, -0.15) is 0 Å². The predicted octanol–water partition coefficient (Wildman–Crippen LogP) is 2.75. The molecule has 1 aromatic rings. The molecule has 1 aromatic heterocycles. The van der Waals surface area contributed by atoms with Crippen LogP contribution in [0, 0.1) is 5.92 Å². The topological polar surface area (TPSA) is 46.1 Å². The molecule has 1 saturated heterocycles. The van der Waals surface area contributed by atoms with Crippen molar-refractivity contribution in [1.82, 2.24) is 14.5 Å². The summed E-state index contributed by atoms with van der Waals surface area (Å²) >= 11 is 7.38. The minimum Gasteiger partial charge on any atom is -0.337 e. The number of carbonyl (C=O) groups is 1. The summed E-state index contributed by atoms with van der Waals surface area (Å²) in [6.45, 7) is 7.60. The molecule has 2 unspecified atom stereocenters. The summed E-state index contributed by atoms with van der Waals surface area (Å²) in [5, 5.41) is 4.24. The smallest absolute Gasteiger partial charge is 0.267 e. The molecule has 18 heavy (non-hydrogen) atoms. The summed E-state index contributed by atoms with van der Waals surface area (Å²) < 4.78 is 3.91. The van der Waals surface area contributed by atoms with E-state index in [0.717, 1.165) is 25.2 Å². The van der Waals surface area contributed by atoms with Gasteiger partial charge >= 0.3 is 0 Å².